The van der Waals surface area contributed by atoms with Gasteiger partial charge in [-0.05, 0) is 49.4 Å². The lowest BCUT2D eigenvalue weighted by Gasteiger charge is -2.40. The number of aromatic nitrogens is 2. The Kier molecular flexibility index (Phi) is 7.23. The highest BCUT2D eigenvalue weighted by Crippen LogP contribution is 2.42. The maximum atomic E-state index is 13.7. The normalized spacial score (nSPS) is 22.4. The Balaban J connectivity index is 1.49. The van der Waals surface area contributed by atoms with Crippen molar-refractivity contribution in [3.8, 4) is 11.3 Å². The molecule has 1 aromatic heterocycles. The Hall–Kier alpha value is -3.00. The highest BCUT2D eigenvalue weighted by molar-refractivity contribution is 6.30. The molecule has 0 radical (unpaired) electrons. The minimum absolute atomic E-state index is 0.102. The molecule has 3 N–H and O–H groups in total. The lowest BCUT2D eigenvalue weighted by atomic mass is 9.68. The van der Waals surface area contributed by atoms with Crippen molar-refractivity contribution in [2.24, 2.45) is 5.73 Å². The monoisotopic (exact) mass is 505 g/mol. The fourth-order valence-electron chi connectivity index (χ4n) is 5.53. The van der Waals surface area contributed by atoms with E-state index < -0.39 is 0 Å². The molecular formula is C28H32ClN5O2. The molecule has 1 aliphatic carbocycles. The second-order valence-corrected chi connectivity index (χ2v) is 10.3. The van der Waals surface area contributed by atoms with Gasteiger partial charge in [0.15, 0.2) is 0 Å². The first kappa shape index (κ1) is 24.7. The average Bonchev–Trinajstić information content (AvgIpc) is 2.94. The largest absolute Gasteiger partial charge is 0.336 e. The van der Waals surface area contributed by atoms with Crippen molar-refractivity contribution in [2.75, 3.05) is 32.7 Å². The first-order valence-corrected chi connectivity index (χ1v) is 13.0. The van der Waals surface area contributed by atoms with Gasteiger partial charge in [-0.25, -0.2) is 4.68 Å². The van der Waals surface area contributed by atoms with Crippen LogP contribution < -0.4 is 16.6 Å². The third kappa shape index (κ3) is 4.83. The summed E-state index contributed by atoms with van der Waals surface area (Å²) in [6.45, 7) is 3.14. The zero-order valence-corrected chi connectivity index (χ0v) is 21.1. The predicted molar refractivity (Wildman–Crippen MR) is 142 cm³/mol. The van der Waals surface area contributed by atoms with Gasteiger partial charge in [-0.3, -0.25) is 9.59 Å². The van der Waals surface area contributed by atoms with Crippen LogP contribution >= 0.6 is 11.6 Å². The molecule has 7 nitrogen and oxygen atoms in total. The Morgan fingerprint density at radius 2 is 1.78 bits per heavy atom. The van der Waals surface area contributed by atoms with Crippen LogP contribution in [0, 0.1) is 0 Å². The molecular weight excluding hydrogens is 474 g/mol. The standard InChI is InChI=1S/C28H32ClN5O2/c29-22-8-4-7-21(17-22)28(19-30)11-9-23(10-12-28)34-27(36)24(26(35)33-15-13-31-14-16-33)18-25(32-34)20-5-2-1-3-6-20/h1-8,17-18,23,31H,9-16,19,30H2. The summed E-state index contributed by atoms with van der Waals surface area (Å²) in [5, 5.41) is 8.74. The number of carbonyl (C=O) groups excluding carboxylic acids is 1. The van der Waals surface area contributed by atoms with Gasteiger partial charge in [0.2, 0.25) is 0 Å². The van der Waals surface area contributed by atoms with E-state index in [4.69, 9.17) is 22.4 Å². The van der Waals surface area contributed by atoms with Crippen molar-refractivity contribution < 1.29 is 4.79 Å². The third-order valence-corrected chi connectivity index (χ3v) is 7.96. The number of amides is 1. The molecule has 1 amide bonds. The SMILES string of the molecule is NCC1(c2cccc(Cl)c2)CCC(n2nc(-c3ccccc3)cc(C(=O)N3CCNCC3)c2=O)CC1. The molecule has 2 fully saturated rings. The van der Waals surface area contributed by atoms with Gasteiger partial charge in [0.1, 0.15) is 5.56 Å². The molecule has 188 valence electrons. The van der Waals surface area contributed by atoms with Gasteiger partial charge in [0.05, 0.1) is 11.7 Å². The van der Waals surface area contributed by atoms with E-state index in [1.807, 2.05) is 48.5 Å². The summed E-state index contributed by atoms with van der Waals surface area (Å²) < 4.78 is 1.57. The van der Waals surface area contributed by atoms with Crippen LogP contribution in [0.15, 0.2) is 65.5 Å². The van der Waals surface area contributed by atoms with E-state index >= 15 is 0 Å². The number of carbonyl (C=O) groups is 1. The first-order chi connectivity index (χ1) is 17.5. The molecule has 0 unspecified atom stereocenters. The molecule has 1 saturated carbocycles. The van der Waals surface area contributed by atoms with E-state index in [-0.39, 0.29) is 28.5 Å². The van der Waals surface area contributed by atoms with E-state index in [1.165, 1.54) is 0 Å². The number of benzene rings is 2. The summed E-state index contributed by atoms with van der Waals surface area (Å²) in [5.74, 6) is -0.221. The molecule has 2 aliphatic rings. The van der Waals surface area contributed by atoms with Crippen LogP contribution in [0.25, 0.3) is 11.3 Å². The van der Waals surface area contributed by atoms with Crippen molar-refractivity contribution >= 4 is 17.5 Å². The quantitative estimate of drug-likeness (QED) is 0.552. The molecule has 1 aliphatic heterocycles. The van der Waals surface area contributed by atoms with Crippen molar-refractivity contribution in [2.45, 2.75) is 37.1 Å². The zero-order chi connectivity index (χ0) is 25.1. The van der Waals surface area contributed by atoms with Gasteiger partial charge >= 0.3 is 0 Å². The molecule has 0 bridgehead atoms. The van der Waals surface area contributed by atoms with Crippen LogP contribution in [0.1, 0.15) is 47.6 Å². The van der Waals surface area contributed by atoms with Gasteiger partial charge in [-0.15, -0.1) is 0 Å². The average molecular weight is 506 g/mol. The van der Waals surface area contributed by atoms with Crippen molar-refractivity contribution in [3.05, 3.63) is 87.2 Å². The molecule has 2 heterocycles. The van der Waals surface area contributed by atoms with Crippen LogP contribution in [-0.4, -0.2) is 53.3 Å². The number of piperazine rings is 1. The fourth-order valence-corrected chi connectivity index (χ4v) is 5.72. The van der Waals surface area contributed by atoms with Crippen molar-refractivity contribution in [1.29, 1.82) is 0 Å². The summed E-state index contributed by atoms with van der Waals surface area (Å²) in [7, 11) is 0. The highest BCUT2D eigenvalue weighted by Gasteiger charge is 2.37. The molecule has 0 spiro atoms. The van der Waals surface area contributed by atoms with Gasteiger partial charge in [-0.2, -0.15) is 5.10 Å². The summed E-state index contributed by atoms with van der Waals surface area (Å²) in [6, 6.07) is 19.2. The molecule has 5 rings (SSSR count). The van der Waals surface area contributed by atoms with Crippen LogP contribution in [0.4, 0.5) is 0 Å². The second-order valence-electron chi connectivity index (χ2n) is 9.83. The fraction of sp³-hybridized carbons (Fsp3) is 0.393. The Labute approximate surface area is 216 Å². The van der Waals surface area contributed by atoms with Gasteiger partial charge in [-0.1, -0.05) is 54.1 Å². The third-order valence-electron chi connectivity index (χ3n) is 7.73. The van der Waals surface area contributed by atoms with E-state index in [9.17, 15) is 9.59 Å². The summed E-state index contributed by atoms with van der Waals surface area (Å²) in [6.07, 6.45) is 3.13. The predicted octanol–water partition coefficient (Wildman–Crippen LogP) is 3.62. The van der Waals surface area contributed by atoms with Crippen LogP contribution in [-0.2, 0) is 5.41 Å². The zero-order valence-electron chi connectivity index (χ0n) is 20.3. The van der Waals surface area contributed by atoms with Gasteiger partial charge < -0.3 is 16.0 Å². The van der Waals surface area contributed by atoms with Crippen molar-refractivity contribution in [3.63, 3.8) is 0 Å². The summed E-state index contributed by atoms with van der Waals surface area (Å²) in [4.78, 5) is 28.9. The Morgan fingerprint density at radius 1 is 1.06 bits per heavy atom. The first-order valence-electron chi connectivity index (χ1n) is 12.7. The minimum Gasteiger partial charge on any atom is -0.336 e. The molecule has 3 aromatic rings. The van der Waals surface area contributed by atoms with Crippen LogP contribution in [0.5, 0.6) is 0 Å². The second kappa shape index (κ2) is 10.5. The van der Waals surface area contributed by atoms with Gasteiger partial charge in [0.25, 0.3) is 11.5 Å². The Bertz CT molecular complexity index is 1280. The van der Waals surface area contributed by atoms with Gasteiger partial charge in [0, 0.05) is 48.7 Å². The maximum absolute atomic E-state index is 13.7. The number of nitrogens with two attached hydrogens (primary N) is 1. The van der Waals surface area contributed by atoms with E-state index in [0.29, 0.717) is 30.4 Å². The van der Waals surface area contributed by atoms with Crippen LogP contribution in [0.2, 0.25) is 5.02 Å². The lowest BCUT2D eigenvalue weighted by Crippen LogP contribution is -2.48. The number of nitrogens with zero attached hydrogens (tertiary/aromatic N) is 3. The highest BCUT2D eigenvalue weighted by atomic mass is 35.5. The molecule has 1 saturated heterocycles. The smallest absolute Gasteiger partial charge is 0.279 e. The van der Waals surface area contributed by atoms with E-state index in [1.54, 1.807) is 15.6 Å². The molecule has 36 heavy (non-hydrogen) atoms. The molecule has 8 heteroatoms. The number of rotatable bonds is 5. The van der Waals surface area contributed by atoms with Crippen molar-refractivity contribution in [1.82, 2.24) is 20.0 Å². The van der Waals surface area contributed by atoms with E-state index in [2.05, 4.69) is 11.4 Å². The van der Waals surface area contributed by atoms with E-state index in [0.717, 1.165) is 49.9 Å². The number of hydrogen-bond acceptors (Lipinski definition) is 5. The Morgan fingerprint density at radius 3 is 2.44 bits per heavy atom. The molecule has 2 aromatic carbocycles. The van der Waals surface area contributed by atoms with Crippen LogP contribution in [0.3, 0.4) is 0 Å². The summed E-state index contributed by atoms with van der Waals surface area (Å²) in [5.41, 5.74) is 8.66. The molecule has 0 atom stereocenters. The topological polar surface area (TPSA) is 93.2 Å². The lowest BCUT2D eigenvalue weighted by molar-refractivity contribution is 0.0732. The number of halogens is 1. The minimum atomic E-state index is -0.314. The summed E-state index contributed by atoms with van der Waals surface area (Å²) >= 11 is 6.28. The number of hydrogen-bond donors (Lipinski definition) is 2. The number of nitrogens with one attached hydrogen (secondary N) is 1. The maximum Gasteiger partial charge on any atom is 0.279 e.